The van der Waals surface area contributed by atoms with Crippen LogP contribution in [-0.4, -0.2) is 43.6 Å². The van der Waals surface area contributed by atoms with Gasteiger partial charge in [0.1, 0.15) is 0 Å². The molecule has 1 aliphatic carbocycles. The monoisotopic (exact) mass is 343 g/mol. The molecule has 0 radical (unpaired) electrons. The van der Waals surface area contributed by atoms with Crippen molar-refractivity contribution in [2.24, 2.45) is 0 Å². The van der Waals surface area contributed by atoms with Crippen molar-refractivity contribution in [3.63, 3.8) is 0 Å². The number of rotatable bonds is 5. The SMILES string of the molecule is CCOC(=O)C1=C(CN(C)C2CCCc3ccccc32)NC(=O)NC1. The van der Waals surface area contributed by atoms with Crippen LogP contribution in [0.4, 0.5) is 4.79 Å². The molecule has 0 bridgehead atoms. The fourth-order valence-electron chi connectivity index (χ4n) is 3.63. The molecule has 1 aromatic rings. The van der Waals surface area contributed by atoms with Crippen LogP contribution in [0, 0.1) is 0 Å². The molecule has 25 heavy (non-hydrogen) atoms. The molecule has 134 valence electrons. The summed E-state index contributed by atoms with van der Waals surface area (Å²) in [7, 11) is 2.04. The van der Waals surface area contributed by atoms with E-state index in [-0.39, 0.29) is 24.6 Å². The Bertz CT molecular complexity index is 699. The van der Waals surface area contributed by atoms with Crippen LogP contribution >= 0.6 is 0 Å². The van der Waals surface area contributed by atoms with E-state index in [1.165, 1.54) is 11.1 Å². The van der Waals surface area contributed by atoms with Gasteiger partial charge >= 0.3 is 12.0 Å². The van der Waals surface area contributed by atoms with Gasteiger partial charge in [-0.3, -0.25) is 4.90 Å². The minimum absolute atomic E-state index is 0.203. The Morgan fingerprint density at radius 3 is 2.96 bits per heavy atom. The second kappa shape index (κ2) is 7.70. The molecular weight excluding hydrogens is 318 g/mol. The number of urea groups is 1. The van der Waals surface area contributed by atoms with Gasteiger partial charge in [-0.05, 0) is 44.4 Å². The molecule has 1 aromatic carbocycles. The van der Waals surface area contributed by atoms with Crippen molar-refractivity contribution in [3.8, 4) is 0 Å². The molecule has 2 aliphatic rings. The van der Waals surface area contributed by atoms with Crippen LogP contribution in [0.1, 0.15) is 36.9 Å². The second-order valence-electron chi connectivity index (χ2n) is 6.51. The Hall–Kier alpha value is -2.34. The maximum atomic E-state index is 12.2. The number of carbonyl (C=O) groups is 2. The van der Waals surface area contributed by atoms with Crippen molar-refractivity contribution >= 4 is 12.0 Å². The van der Waals surface area contributed by atoms with Gasteiger partial charge in [0.2, 0.25) is 0 Å². The summed E-state index contributed by atoms with van der Waals surface area (Å²) in [6, 6.07) is 8.52. The smallest absolute Gasteiger partial charge is 0.337 e. The van der Waals surface area contributed by atoms with Gasteiger partial charge in [-0.15, -0.1) is 0 Å². The number of likely N-dealkylation sites (N-methyl/N-ethyl adjacent to an activating group) is 1. The Kier molecular flexibility index (Phi) is 5.38. The third-order valence-corrected chi connectivity index (χ3v) is 4.85. The Morgan fingerprint density at radius 2 is 2.16 bits per heavy atom. The number of carbonyl (C=O) groups excluding carboxylic acids is 2. The van der Waals surface area contributed by atoms with Gasteiger partial charge in [0, 0.05) is 18.3 Å². The van der Waals surface area contributed by atoms with Crippen molar-refractivity contribution in [1.82, 2.24) is 15.5 Å². The van der Waals surface area contributed by atoms with E-state index in [0.29, 0.717) is 24.4 Å². The Balaban J connectivity index is 1.82. The van der Waals surface area contributed by atoms with Gasteiger partial charge in [-0.2, -0.15) is 0 Å². The van der Waals surface area contributed by atoms with Crippen LogP contribution in [0.15, 0.2) is 35.5 Å². The second-order valence-corrected chi connectivity index (χ2v) is 6.51. The summed E-state index contributed by atoms with van der Waals surface area (Å²) >= 11 is 0. The number of amides is 2. The molecule has 2 N–H and O–H groups in total. The number of aryl methyl sites for hydroxylation is 1. The molecule has 6 heteroatoms. The van der Waals surface area contributed by atoms with Gasteiger partial charge in [0.05, 0.1) is 18.7 Å². The standard InChI is InChI=1S/C19H25N3O3/c1-3-25-18(23)15-11-20-19(24)21-16(15)12-22(2)17-10-6-8-13-7-4-5-9-14(13)17/h4-5,7,9,17H,3,6,8,10-12H2,1-2H3,(H2,20,21,24). The number of fused-ring (bicyclic) bond motifs is 1. The van der Waals surface area contributed by atoms with Crippen LogP contribution in [-0.2, 0) is 16.0 Å². The Morgan fingerprint density at radius 1 is 1.36 bits per heavy atom. The normalized spacial score (nSPS) is 20.0. The first kappa shape index (κ1) is 17.5. The lowest BCUT2D eigenvalue weighted by atomic mass is 9.87. The first-order valence-corrected chi connectivity index (χ1v) is 8.82. The fourth-order valence-corrected chi connectivity index (χ4v) is 3.63. The number of nitrogens with zero attached hydrogens (tertiary/aromatic N) is 1. The largest absolute Gasteiger partial charge is 0.463 e. The summed E-state index contributed by atoms with van der Waals surface area (Å²) < 4.78 is 5.12. The molecule has 0 spiro atoms. The lowest BCUT2D eigenvalue weighted by Crippen LogP contribution is -2.47. The molecule has 1 aliphatic heterocycles. The molecule has 0 saturated heterocycles. The van der Waals surface area contributed by atoms with Crippen molar-refractivity contribution in [1.29, 1.82) is 0 Å². The van der Waals surface area contributed by atoms with Crippen molar-refractivity contribution in [2.45, 2.75) is 32.2 Å². The van der Waals surface area contributed by atoms with Gasteiger partial charge in [0.25, 0.3) is 0 Å². The average molecular weight is 343 g/mol. The van der Waals surface area contributed by atoms with E-state index in [4.69, 9.17) is 4.74 Å². The highest BCUT2D eigenvalue weighted by Gasteiger charge is 2.28. The number of hydrogen-bond acceptors (Lipinski definition) is 4. The van der Waals surface area contributed by atoms with E-state index >= 15 is 0 Å². The van der Waals surface area contributed by atoms with E-state index in [0.717, 1.165) is 19.3 Å². The highest BCUT2D eigenvalue weighted by molar-refractivity contribution is 5.93. The molecule has 1 atom stereocenters. The minimum atomic E-state index is -0.373. The molecule has 3 rings (SSSR count). The minimum Gasteiger partial charge on any atom is -0.463 e. The fraction of sp³-hybridized carbons (Fsp3) is 0.474. The summed E-state index contributed by atoms with van der Waals surface area (Å²) in [5.74, 6) is -0.373. The van der Waals surface area contributed by atoms with Crippen LogP contribution in [0.2, 0.25) is 0 Å². The van der Waals surface area contributed by atoms with Crippen molar-refractivity contribution < 1.29 is 14.3 Å². The average Bonchev–Trinajstić information content (AvgIpc) is 2.61. The van der Waals surface area contributed by atoms with E-state index in [2.05, 4.69) is 39.8 Å². The maximum Gasteiger partial charge on any atom is 0.337 e. The molecule has 1 unspecified atom stereocenters. The summed E-state index contributed by atoms with van der Waals surface area (Å²) in [6.45, 7) is 2.79. The predicted octanol–water partition coefficient (Wildman–Crippen LogP) is 2.13. The zero-order valence-corrected chi connectivity index (χ0v) is 14.8. The van der Waals surface area contributed by atoms with Crippen LogP contribution in [0.3, 0.4) is 0 Å². The van der Waals surface area contributed by atoms with Gasteiger partial charge < -0.3 is 15.4 Å². The molecule has 0 saturated carbocycles. The summed E-state index contributed by atoms with van der Waals surface area (Å²) in [5.41, 5.74) is 3.86. The maximum absolute atomic E-state index is 12.2. The molecular formula is C19H25N3O3. The first-order valence-electron chi connectivity index (χ1n) is 8.82. The van der Waals surface area contributed by atoms with E-state index in [1.807, 2.05) is 7.05 Å². The zero-order chi connectivity index (χ0) is 17.8. The highest BCUT2D eigenvalue weighted by atomic mass is 16.5. The molecule has 0 aromatic heterocycles. The third kappa shape index (κ3) is 3.85. The molecule has 1 heterocycles. The van der Waals surface area contributed by atoms with Crippen LogP contribution < -0.4 is 10.6 Å². The van der Waals surface area contributed by atoms with Crippen LogP contribution in [0.25, 0.3) is 0 Å². The van der Waals surface area contributed by atoms with Crippen molar-refractivity contribution in [2.75, 3.05) is 26.7 Å². The number of hydrogen-bond donors (Lipinski definition) is 2. The lowest BCUT2D eigenvalue weighted by Gasteiger charge is -2.34. The zero-order valence-electron chi connectivity index (χ0n) is 14.8. The molecule has 6 nitrogen and oxygen atoms in total. The Labute approximate surface area is 148 Å². The predicted molar refractivity (Wildman–Crippen MR) is 94.9 cm³/mol. The number of nitrogens with one attached hydrogen (secondary N) is 2. The summed E-state index contributed by atoms with van der Waals surface area (Å²) in [6.07, 6.45) is 3.32. The van der Waals surface area contributed by atoms with Gasteiger partial charge in [-0.25, -0.2) is 9.59 Å². The number of ether oxygens (including phenoxy) is 1. The number of benzene rings is 1. The van der Waals surface area contributed by atoms with E-state index in [9.17, 15) is 9.59 Å². The van der Waals surface area contributed by atoms with Gasteiger partial charge in [-0.1, -0.05) is 24.3 Å². The quantitative estimate of drug-likeness (QED) is 0.804. The number of esters is 1. The van der Waals surface area contributed by atoms with E-state index < -0.39 is 0 Å². The molecule has 2 amide bonds. The highest BCUT2D eigenvalue weighted by Crippen LogP contribution is 2.33. The topological polar surface area (TPSA) is 70.7 Å². The molecule has 0 fully saturated rings. The van der Waals surface area contributed by atoms with Crippen molar-refractivity contribution in [3.05, 3.63) is 46.7 Å². The third-order valence-electron chi connectivity index (χ3n) is 4.85. The van der Waals surface area contributed by atoms with Gasteiger partial charge in [0.15, 0.2) is 0 Å². The summed E-state index contributed by atoms with van der Waals surface area (Å²) in [5, 5.41) is 5.43. The first-order chi connectivity index (χ1) is 12.1. The van der Waals surface area contributed by atoms with E-state index in [1.54, 1.807) is 6.92 Å². The van der Waals surface area contributed by atoms with Crippen LogP contribution in [0.5, 0.6) is 0 Å². The lowest BCUT2D eigenvalue weighted by molar-refractivity contribution is -0.138. The summed E-state index contributed by atoms with van der Waals surface area (Å²) in [4.78, 5) is 26.1.